The lowest BCUT2D eigenvalue weighted by molar-refractivity contribution is -0.149. The molecule has 292 valence electrons. The van der Waals surface area contributed by atoms with Crippen molar-refractivity contribution in [2.75, 3.05) is 13.7 Å². The van der Waals surface area contributed by atoms with Crippen LogP contribution in [-0.4, -0.2) is 38.4 Å². The summed E-state index contributed by atoms with van der Waals surface area (Å²) in [5, 5.41) is 1.27. The number of esters is 1. The van der Waals surface area contributed by atoms with Crippen LogP contribution in [0.5, 0.6) is 5.75 Å². The summed E-state index contributed by atoms with van der Waals surface area (Å²) in [5.41, 5.74) is 4.58. The highest BCUT2D eigenvalue weighted by atomic mass is 32.2. The molecule has 1 aromatic heterocycles. The second-order valence-corrected chi connectivity index (χ2v) is 25.4. The number of benzene rings is 3. The first kappa shape index (κ1) is 40.0. The molecule has 7 rings (SSSR count). The fourth-order valence-corrected chi connectivity index (χ4v) is 13.5. The fourth-order valence-electron chi connectivity index (χ4n) is 8.65. The maximum Gasteiger partial charge on any atom is 0.313 e. The van der Waals surface area contributed by atoms with Crippen LogP contribution in [0.4, 0.5) is 0 Å². The van der Waals surface area contributed by atoms with E-state index in [0.29, 0.717) is 13.0 Å². The minimum absolute atomic E-state index is 0.00264. The van der Waals surface area contributed by atoms with Crippen molar-refractivity contribution < 1.29 is 23.4 Å². The number of thioether (sulfide) groups is 2. The van der Waals surface area contributed by atoms with Gasteiger partial charge in [0.25, 0.3) is 0 Å². The Kier molecular flexibility index (Phi) is 12.5. The van der Waals surface area contributed by atoms with E-state index in [1.54, 1.807) is 7.11 Å². The lowest BCUT2D eigenvalue weighted by atomic mass is 9.65. The van der Waals surface area contributed by atoms with Crippen molar-refractivity contribution in [3.05, 3.63) is 120 Å². The quantitative estimate of drug-likeness (QED) is 0.0263. The van der Waals surface area contributed by atoms with Crippen LogP contribution in [0.25, 0.3) is 0 Å². The van der Waals surface area contributed by atoms with Crippen LogP contribution in [0.3, 0.4) is 0 Å². The summed E-state index contributed by atoms with van der Waals surface area (Å²) in [6, 6.07) is 29.4. The molecule has 4 aromatic rings. The molecule has 5 nitrogen and oxygen atoms in total. The maximum absolute atomic E-state index is 14.7. The van der Waals surface area contributed by atoms with Crippen molar-refractivity contribution in [2.45, 2.75) is 123 Å². The number of furan rings is 1. The number of methoxy groups -OCH3 is 1. The van der Waals surface area contributed by atoms with E-state index in [4.69, 9.17) is 18.6 Å². The lowest BCUT2D eigenvalue weighted by Gasteiger charge is -2.38. The summed E-state index contributed by atoms with van der Waals surface area (Å²) in [6.45, 7) is 13.3. The van der Waals surface area contributed by atoms with Gasteiger partial charge in [-0.25, -0.2) is 0 Å². The van der Waals surface area contributed by atoms with Crippen LogP contribution in [-0.2, 0) is 27.3 Å². The third kappa shape index (κ3) is 8.73. The van der Waals surface area contributed by atoms with E-state index in [9.17, 15) is 4.79 Å². The van der Waals surface area contributed by atoms with E-state index < -0.39 is 13.5 Å². The monoisotopic (exact) mass is 794 g/mol. The summed E-state index contributed by atoms with van der Waals surface area (Å²) in [7, 11) is -0.375. The Labute approximate surface area is 338 Å². The van der Waals surface area contributed by atoms with Crippen LogP contribution in [0.2, 0.25) is 18.1 Å². The van der Waals surface area contributed by atoms with Crippen molar-refractivity contribution in [2.24, 2.45) is 11.3 Å². The largest absolute Gasteiger partial charge is 0.497 e. The molecule has 2 aliphatic carbocycles. The molecule has 55 heavy (non-hydrogen) atoms. The molecule has 3 aromatic carbocycles. The van der Waals surface area contributed by atoms with Gasteiger partial charge in [0.2, 0.25) is 0 Å². The van der Waals surface area contributed by atoms with Gasteiger partial charge in [0.05, 0.1) is 35.4 Å². The number of ether oxygens (including phenoxy) is 3. The van der Waals surface area contributed by atoms with Crippen LogP contribution >= 0.6 is 23.5 Å². The second-order valence-electron chi connectivity index (χ2n) is 17.3. The topological polar surface area (TPSA) is 57.9 Å². The summed E-state index contributed by atoms with van der Waals surface area (Å²) in [4.78, 5) is 17.2. The van der Waals surface area contributed by atoms with Gasteiger partial charge >= 0.3 is 5.97 Å². The van der Waals surface area contributed by atoms with Crippen molar-refractivity contribution >= 4 is 43.0 Å². The lowest BCUT2D eigenvalue weighted by Crippen LogP contribution is -2.51. The smallest absolute Gasteiger partial charge is 0.313 e. The second kappa shape index (κ2) is 17.1. The normalized spacial score (nSPS) is 21.9. The average Bonchev–Trinajstić information content (AvgIpc) is 3.69. The van der Waals surface area contributed by atoms with Gasteiger partial charge in [-0.3, -0.25) is 4.79 Å². The van der Waals surface area contributed by atoms with Crippen LogP contribution < -0.4 is 10.1 Å². The number of rotatable bonds is 17. The fraction of sp³-hybridized carbons (Fsp3) is 0.468. The predicted octanol–water partition coefficient (Wildman–Crippen LogP) is 12.0. The Bertz CT molecular complexity index is 1870. The zero-order chi connectivity index (χ0) is 38.6. The van der Waals surface area contributed by atoms with Crippen molar-refractivity contribution in [3.8, 4) is 5.75 Å². The van der Waals surface area contributed by atoms with Crippen molar-refractivity contribution in [1.82, 2.24) is 0 Å². The molecule has 4 bridgehead atoms. The van der Waals surface area contributed by atoms with Crippen LogP contribution in [0.1, 0.15) is 88.3 Å². The molecule has 0 unspecified atom stereocenters. The predicted molar refractivity (Wildman–Crippen MR) is 229 cm³/mol. The first-order valence-corrected chi connectivity index (χ1v) is 24.9. The molecule has 3 aliphatic rings. The molecule has 0 amide bonds. The molecule has 0 N–H and O–H groups in total. The minimum Gasteiger partial charge on any atom is -0.497 e. The van der Waals surface area contributed by atoms with E-state index in [0.717, 1.165) is 50.9 Å². The van der Waals surface area contributed by atoms with Gasteiger partial charge in [-0.05, 0) is 91.1 Å². The third-order valence-corrected chi connectivity index (χ3v) is 20.6. The molecule has 0 spiro atoms. The van der Waals surface area contributed by atoms with Gasteiger partial charge < -0.3 is 18.6 Å². The number of fused-ring (bicyclic) bond motifs is 2. The number of hydrogen-bond acceptors (Lipinski definition) is 7. The summed E-state index contributed by atoms with van der Waals surface area (Å²) >= 11 is 3.77. The Balaban J connectivity index is 1.12. The van der Waals surface area contributed by atoms with Gasteiger partial charge in [0.15, 0.2) is 0 Å². The molecule has 4 atom stereocenters. The Hall–Kier alpha value is -3.17. The number of carbonyl (C=O) groups excluding carboxylic acids is 1. The van der Waals surface area contributed by atoms with E-state index in [1.165, 1.54) is 43.9 Å². The number of hydrogen-bond donors (Lipinski definition) is 0. The highest BCUT2D eigenvalue weighted by Crippen LogP contribution is 2.60. The highest BCUT2D eigenvalue weighted by Gasteiger charge is 2.63. The number of carbonyl (C=O) groups is 1. The Morgan fingerprint density at radius 2 is 1.55 bits per heavy atom. The van der Waals surface area contributed by atoms with E-state index in [1.807, 2.05) is 35.7 Å². The molecule has 1 fully saturated rings. The van der Waals surface area contributed by atoms with Gasteiger partial charge in [0, 0.05) is 33.8 Å². The zero-order valence-electron chi connectivity index (χ0n) is 33.5. The van der Waals surface area contributed by atoms with E-state index >= 15 is 0 Å². The molecule has 0 radical (unpaired) electrons. The summed E-state index contributed by atoms with van der Waals surface area (Å²) in [5.74, 6) is 1.03. The number of unbranched alkanes of at least 4 members (excludes halogenated alkanes) is 3. The minimum atomic E-state index is -2.06. The first-order chi connectivity index (χ1) is 26.5. The molecule has 8 heteroatoms. The van der Waals surface area contributed by atoms with Gasteiger partial charge in [-0.2, -0.15) is 0 Å². The van der Waals surface area contributed by atoms with E-state index in [2.05, 4.69) is 119 Å². The Morgan fingerprint density at radius 1 is 0.891 bits per heavy atom. The van der Waals surface area contributed by atoms with E-state index in [-0.39, 0.29) is 33.5 Å². The molecule has 2 heterocycles. The van der Waals surface area contributed by atoms with Crippen molar-refractivity contribution in [3.63, 3.8) is 0 Å². The van der Waals surface area contributed by atoms with Gasteiger partial charge in [-0.1, -0.05) is 107 Å². The SMILES string of the molecule is COc1ccc(COCCCCCCC2=C[C@H]3c4coc([Si](C)(C)C(C)(C)C)c4C[C@]4(CC(Sc5ccccc5)Sc5ccccc5)C(=O)O[C@H]3[C@@H]4C2)cc1. The molecule has 1 saturated heterocycles. The summed E-state index contributed by atoms with van der Waals surface area (Å²) < 4.78 is 24.7. The average molecular weight is 795 g/mol. The Morgan fingerprint density at radius 3 is 2.18 bits per heavy atom. The number of allylic oxidation sites excluding steroid dienone is 1. The van der Waals surface area contributed by atoms with Gasteiger partial charge in [0.1, 0.15) is 19.9 Å². The highest BCUT2D eigenvalue weighted by molar-refractivity contribution is 8.17. The maximum atomic E-state index is 14.7. The molecule has 1 aliphatic heterocycles. The van der Waals surface area contributed by atoms with Gasteiger partial charge in [-0.15, -0.1) is 23.5 Å². The zero-order valence-corrected chi connectivity index (χ0v) is 36.1. The molecular weight excluding hydrogens is 737 g/mol. The van der Waals surface area contributed by atoms with Crippen LogP contribution in [0.15, 0.2) is 117 Å². The van der Waals surface area contributed by atoms with Crippen LogP contribution in [0, 0.1) is 11.3 Å². The summed E-state index contributed by atoms with van der Waals surface area (Å²) in [6.07, 6.45) is 12.3. The third-order valence-electron chi connectivity index (χ3n) is 12.7. The standard InChI is InChI=1S/C47H58O5S2Si/c1-46(2,3)55(5,6)44-39-29-47(30-42(53-36-18-12-9-13-19-36)54-37-20-14-10-15-21-37)41-28-34(27-38(40(39)32-51-44)43(41)52-45(47)48)17-11-7-8-16-26-50-31-33-22-24-35(49-4)25-23-33/h9-10,12-15,18-25,27,32,38,41-43H,7-8,11,16-17,26,28-31H2,1-6H3/t38-,41-,43+,47+/m0/s1. The molecular formula is C47H58O5S2Si. The molecule has 0 saturated carbocycles. The van der Waals surface area contributed by atoms with Crippen molar-refractivity contribution in [1.29, 1.82) is 0 Å². The first-order valence-electron chi connectivity index (χ1n) is 20.1.